The Labute approximate surface area is 166 Å². The Morgan fingerprint density at radius 3 is 2.57 bits per heavy atom. The first-order valence-electron chi connectivity index (χ1n) is 9.56. The molecule has 146 valence electrons. The van der Waals surface area contributed by atoms with Crippen molar-refractivity contribution in [3.05, 3.63) is 83.2 Å². The smallest absolute Gasteiger partial charge is 0.258 e. The molecule has 1 N–H and O–H groups in total. The van der Waals surface area contributed by atoms with E-state index >= 15 is 0 Å². The third kappa shape index (κ3) is 5.46. The molecule has 3 aromatic rings. The molecule has 0 atom stereocenters. The number of hydrogen-bond acceptors (Lipinski definition) is 3. The van der Waals surface area contributed by atoms with Gasteiger partial charge in [-0.25, -0.2) is 0 Å². The van der Waals surface area contributed by atoms with Crippen molar-refractivity contribution in [2.45, 2.75) is 39.8 Å². The fraction of sp³-hybridized carbons (Fsp3) is 0.304. The molecule has 1 heterocycles. The number of carbonyl (C=O) groups is 1. The summed E-state index contributed by atoms with van der Waals surface area (Å²) in [6.45, 7) is 7.50. The van der Waals surface area contributed by atoms with Crippen LogP contribution in [0.15, 0.2) is 60.9 Å². The molecule has 5 heteroatoms. The van der Waals surface area contributed by atoms with Crippen LogP contribution < -0.4 is 10.1 Å². The van der Waals surface area contributed by atoms with Gasteiger partial charge in [-0.2, -0.15) is 5.10 Å². The van der Waals surface area contributed by atoms with Crippen molar-refractivity contribution in [3.63, 3.8) is 0 Å². The Morgan fingerprint density at radius 2 is 1.89 bits per heavy atom. The summed E-state index contributed by atoms with van der Waals surface area (Å²) in [7, 11) is 0. The fourth-order valence-electron chi connectivity index (χ4n) is 2.87. The molecule has 1 amide bonds. The van der Waals surface area contributed by atoms with Crippen LogP contribution in [-0.2, 0) is 17.9 Å². The molecule has 28 heavy (non-hydrogen) atoms. The molecule has 0 spiro atoms. The Morgan fingerprint density at radius 1 is 1.14 bits per heavy atom. The largest absolute Gasteiger partial charge is 0.483 e. The molecule has 0 unspecified atom stereocenters. The van der Waals surface area contributed by atoms with Crippen LogP contribution in [0.5, 0.6) is 5.75 Å². The summed E-state index contributed by atoms with van der Waals surface area (Å²) in [5.41, 5.74) is 4.46. The van der Waals surface area contributed by atoms with Crippen LogP contribution in [0.4, 0.5) is 0 Å². The van der Waals surface area contributed by atoms with Crippen LogP contribution in [0.25, 0.3) is 0 Å². The lowest BCUT2D eigenvalue weighted by molar-refractivity contribution is -0.123. The van der Waals surface area contributed by atoms with Crippen molar-refractivity contribution in [1.82, 2.24) is 15.1 Å². The van der Waals surface area contributed by atoms with Crippen LogP contribution >= 0.6 is 0 Å². The lowest BCUT2D eigenvalue weighted by Crippen LogP contribution is -2.28. The molecule has 0 fully saturated rings. The second-order valence-corrected chi connectivity index (χ2v) is 7.27. The lowest BCUT2D eigenvalue weighted by Gasteiger charge is -2.13. The highest BCUT2D eigenvalue weighted by Crippen LogP contribution is 2.24. The first kappa shape index (κ1) is 19.7. The van der Waals surface area contributed by atoms with Gasteiger partial charge in [-0.1, -0.05) is 50.2 Å². The number of hydrogen-bond donors (Lipinski definition) is 1. The van der Waals surface area contributed by atoms with E-state index in [4.69, 9.17) is 4.74 Å². The summed E-state index contributed by atoms with van der Waals surface area (Å²) in [5.74, 6) is 1.06. The van der Waals surface area contributed by atoms with Gasteiger partial charge in [-0.15, -0.1) is 0 Å². The molecular formula is C23H27N3O2. The average Bonchev–Trinajstić information content (AvgIpc) is 3.19. The normalized spacial score (nSPS) is 10.9. The standard InChI is InChI=1S/C23H27N3O2/c1-17(2)21-10-5-18(3)22(13-21)28-16-23(27)24-14-19-6-8-20(9-7-19)15-26-12-4-11-25-26/h4-13,17H,14-16H2,1-3H3,(H,24,27). The summed E-state index contributed by atoms with van der Waals surface area (Å²) >= 11 is 0. The van der Waals surface area contributed by atoms with Gasteiger partial charge in [0.15, 0.2) is 6.61 Å². The van der Waals surface area contributed by atoms with E-state index in [1.165, 1.54) is 11.1 Å². The van der Waals surface area contributed by atoms with E-state index in [0.29, 0.717) is 12.5 Å². The van der Waals surface area contributed by atoms with Crippen molar-refractivity contribution in [2.75, 3.05) is 6.61 Å². The molecule has 2 aromatic carbocycles. The van der Waals surface area contributed by atoms with E-state index in [1.54, 1.807) is 6.20 Å². The maximum Gasteiger partial charge on any atom is 0.258 e. The van der Waals surface area contributed by atoms with Crippen molar-refractivity contribution in [1.29, 1.82) is 0 Å². The van der Waals surface area contributed by atoms with Gasteiger partial charge in [0.25, 0.3) is 5.91 Å². The first-order valence-corrected chi connectivity index (χ1v) is 9.56. The molecular weight excluding hydrogens is 350 g/mol. The van der Waals surface area contributed by atoms with Crippen LogP contribution in [0.2, 0.25) is 0 Å². The molecule has 3 rings (SSSR count). The van der Waals surface area contributed by atoms with E-state index in [2.05, 4.69) is 42.5 Å². The van der Waals surface area contributed by atoms with Gasteiger partial charge in [0, 0.05) is 18.9 Å². The minimum Gasteiger partial charge on any atom is -0.483 e. The molecule has 0 saturated heterocycles. The number of aryl methyl sites for hydroxylation is 1. The predicted octanol–water partition coefficient (Wildman–Crippen LogP) is 4.06. The van der Waals surface area contributed by atoms with Crippen LogP contribution in [-0.4, -0.2) is 22.3 Å². The number of ether oxygens (including phenoxy) is 1. The molecule has 1 aromatic heterocycles. The van der Waals surface area contributed by atoms with Gasteiger partial charge in [-0.05, 0) is 47.2 Å². The summed E-state index contributed by atoms with van der Waals surface area (Å²) in [5, 5.41) is 7.12. The minimum absolute atomic E-state index is 0.0137. The van der Waals surface area contributed by atoms with E-state index in [1.807, 2.05) is 48.1 Å². The molecule has 0 bridgehead atoms. The van der Waals surface area contributed by atoms with E-state index in [-0.39, 0.29) is 12.5 Å². The maximum absolute atomic E-state index is 12.2. The number of aromatic nitrogens is 2. The zero-order valence-electron chi connectivity index (χ0n) is 16.7. The van der Waals surface area contributed by atoms with Crippen molar-refractivity contribution < 1.29 is 9.53 Å². The van der Waals surface area contributed by atoms with Gasteiger partial charge < -0.3 is 10.1 Å². The molecule has 0 aliphatic carbocycles. The molecule has 0 saturated carbocycles. The molecule has 0 aliphatic rings. The zero-order valence-corrected chi connectivity index (χ0v) is 16.7. The summed E-state index contributed by atoms with van der Waals surface area (Å²) in [6, 6.07) is 16.2. The van der Waals surface area contributed by atoms with Gasteiger partial charge in [0.1, 0.15) is 5.75 Å². The number of amides is 1. The fourth-order valence-corrected chi connectivity index (χ4v) is 2.87. The Balaban J connectivity index is 1.47. The summed E-state index contributed by atoms with van der Waals surface area (Å²) in [6.07, 6.45) is 3.71. The second kappa shape index (κ2) is 9.22. The Kier molecular flexibility index (Phi) is 6.48. The number of nitrogens with one attached hydrogen (secondary N) is 1. The van der Waals surface area contributed by atoms with Gasteiger partial charge in [0.2, 0.25) is 0 Å². The quantitative estimate of drug-likeness (QED) is 0.644. The first-order chi connectivity index (χ1) is 13.5. The van der Waals surface area contributed by atoms with Crippen molar-refractivity contribution in [2.24, 2.45) is 0 Å². The topological polar surface area (TPSA) is 56.1 Å². The monoisotopic (exact) mass is 377 g/mol. The summed E-state index contributed by atoms with van der Waals surface area (Å²) < 4.78 is 7.61. The Bertz CT molecular complexity index is 900. The van der Waals surface area contributed by atoms with E-state index < -0.39 is 0 Å². The Hall–Kier alpha value is -3.08. The zero-order chi connectivity index (χ0) is 19.9. The van der Waals surface area contributed by atoms with Crippen LogP contribution in [0.3, 0.4) is 0 Å². The minimum atomic E-state index is -0.130. The maximum atomic E-state index is 12.2. The predicted molar refractivity (Wildman–Crippen MR) is 110 cm³/mol. The van der Waals surface area contributed by atoms with Crippen molar-refractivity contribution in [3.8, 4) is 5.75 Å². The molecule has 0 aliphatic heterocycles. The average molecular weight is 377 g/mol. The van der Waals surface area contributed by atoms with Gasteiger partial charge in [-0.3, -0.25) is 9.48 Å². The van der Waals surface area contributed by atoms with Crippen molar-refractivity contribution >= 4 is 5.91 Å². The number of rotatable bonds is 8. The molecule has 5 nitrogen and oxygen atoms in total. The highest BCUT2D eigenvalue weighted by atomic mass is 16.5. The third-order valence-electron chi connectivity index (χ3n) is 4.65. The number of nitrogens with zero attached hydrogens (tertiary/aromatic N) is 2. The second-order valence-electron chi connectivity index (χ2n) is 7.27. The van der Waals surface area contributed by atoms with Gasteiger partial charge >= 0.3 is 0 Å². The third-order valence-corrected chi connectivity index (χ3v) is 4.65. The highest BCUT2D eigenvalue weighted by molar-refractivity contribution is 5.77. The van der Waals surface area contributed by atoms with E-state index in [0.717, 1.165) is 23.4 Å². The van der Waals surface area contributed by atoms with E-state index in [9.17, 15) is 4.79 Å². The lowest BCUT2D eigenvalue weighted by atomic mass is 10.0. The van der Waals surface area contributed by atoms with Crippen LogP contribution in [0, 0.1) is 6.92 Å². The van der Waals surface area contributed by atoms with Gasteiger partial charge in [0.05, 0.1) is 6.54 Å². The van der Waals surface area contributed by atoms with Crippen LogP contribution in [0.1, 0.15) is 42.0 Å². The SMILES string of the molecule is Cc1ccc(C(C)C)cc1OCC(=O)NCc1ccc(Cn2cccn2)cc1. The number of carbonyl (C=O) groups excluding carboxylic acids is 1. The highest BCUT2D eigenvalue weighted by Gasteiger charge is 2.08. The molecule has 0 radical (unpaired) electrons. The number of benzene rings is 2. The summed E-state index contributed by atoms with van der Waals surface area (Å²) in [4.78, 5) is 12.2.